The maximum Gasteiger partial charge on any atom is 0.329 e. The monoisotopic (exact) mass is 481 g/mol. The van der Waals surface area contributed by atoms with Gasteiger partial charge in [-0.15, -0.1) is 0 Å². The van der Waals surface area contributed by atoms with Crippen LogP contribution in [0.1, 0.15) is 103 Å². The SMILES string of the molecule is CCOC(=O)C(c1cc(C(C)(C)C)c(O)c(C(C)(C)C)c1)N(CC1CCCCC1)S(C)(=O)=O. The number of carbonyl (C=O) groups excluding carboxylic acids is 1. The van der Waals surface area contributed by atoms with E-state index >= 15 is 0 Å². The van der Waals surface area contributed by atoms with Gasteiger partial charge in [-0.2, -0.15) is 4.31 Å². The molecule has 0 spiro atoms. The largest absolute Gasteiger partial charge is 0.507 e. The highest BCUT2D eigenvalue weighted by molar-refractivity contribution is 7.88. The number of aromatic hydroxyl groups is 1. The molecular formula is C26H43NO5S. The van der Waals surface area contributed by atoms with E-state index in [-0.39, 0.29) is 18.3 Å². The smallest absolute Gasteiger partial charge is 0.329 e. The predicted molar refractivity (Wildman–Crippen MR) is 133 cm³/mol. The van der Waals surface area contributed by atoms with Gasteiger partial charge in [-0.3, -0.25) is 0 Å². The molecule has 1 aromatic rings. The fourth-order valence-electron chi connectivity index (χ4n) is 4.66. The highest BCUT2D eigenvalue weighted by Gasteiger charge is 2.39. The van der Waals surface area contributed by atoms with Crippen LogP contribution in [0.4, 0.5) is 0 Å². The van der Waals surface area contributed by atoms with Gasteiger partial charge in [-0.25, -0.2) is 13.2 Å². The Hall–Kier alpha value is -1.60. The summed E-state index contributed by atoms with van der Waals surface area (Å²) < 4.78 is 32.8. The molecule has 1 aliphatic carbocycles. The van der Waals surface area contributed by atoms with Gasteiger partial charge in [0.2, 0.25) is 10.0 Å². The van der Waals surface area contributed by atoms with Crippen molar-refractivity contribution in [1.29, 1.82) is 0 Å². The summed E-state index contributed by atoms with van der Waals surface area (Å²) in [6.45, 7) is 14.1. The Morgan fingerprint density at radius 1 is 1.06 bits per heavy atom. The van der Waals surface area contributed by atoms with Crippen molar-refractivity contribution in [1.82, 2.24) is 4.31 Å². The van der Waals surface area contributed by atoms with Gasteiger partial charge in [0.25, 0.3) is 0 Å². The first-order valence-corrected chi connectivity index (χ1v) is 13.9. The van der Waals surface area contributed by atoms with E-state index in [4.69, 9.17) is 4.74 Å². The molecule has 188 valence electrons. The first-order chi connectivity index (χ1) is 15.1. The molecule has 2 rings (SSSR count). The molecule has 0 radical (unpaired) electrons. The molecular weight excluding hydrogens is 438 g/mol. The summed E-state index contributed by atoms with van der Waals surface area (Å²) in [6, 6.07) is 2.47. The minimum Gasteiger partial charge on any atom is -0.507 e. The zero-order valence-corrected chi connectivity index (χ0v) is 22.5. The van der Waals surface area contributed by atoms with Gasteiger partial charge in [-0.05, 0) is 65.3 Å². The lowest BCUT2D eigenvalue weighted by Crippen LogP contribution is -2.42. The summed E-state index contributed by atoms with van der Waals surface area (Å²) in [6.07, 6.45) is 6.40. The Balaban J connectivity index is 2.75. The Labute approximate surface area is 200 Å². The molecule has 0 bridgehead atoms. The molecule has 6 nitrogen and oxygen atoms in total. The third-order valence-corrected chi connectivity index (χ3v) is 7.66. The average molecular weight is 482 g/mol. The zero-order valence-electron chi connectivity index (χ0n) is 21.7. The molecule has 1 unspecified atom stereocenters. The second-order valence-electron chi connectivity index (χ2n) is 11.5. The molecule has 1 saturated carbocycles. The van der Waals surface area contributed by atoms with Crippen LogP contribution in [-0.2, 0) is 30.4 Å². The summed E-state index contributed by atoms with van der Waals surface area (Å²) in [5.41, 5.74) is 1.11. The van der Waals surface area contributed by atoms with Crippen LogP contribution in [0.3, 0.4) is 0 Å². The number of phenolic OH excluding ortho intramolecular Hbond substituents is 1. The molecule has 1 fully saturated rings. The summed E-state index contributed by atoms with van der Waals surface area (Å²) in [5, 5.41) is 11.1. The molecule has 7 heteroatoms. The predicted octanol–water partition coefficient (Wildman–Crippen LogP) is 5.43. The van der Waals surface area contributed by atoms with Crippen LogP contribution in [-0.4, -0.2) is 43.2 Å². The van der Waals surface area contributed by atoms with Crippen molar-refractivity contribution >= 4 is 16.0 Å². The van der Waals surface area contributed by atoms with E-state index in [9.17, 15) is 18.3 Å². The van der Waals surface area contributed by atoms with Gasteiger partial charge in [0, 0.05) is 6.54 Å². The quantitative estimate of drug-likeness (QED) is 0.525. The molecule has 0 aliphatic heterocycles. The van der Waals surface area contributed by atoms with Crippen molar-refractivity contribution in [2.24, 2.45) is 5.92 Å². The Kier molecular flexibility index (Phi) is 8.67. The number of benzene rings is 1. The Morgan fingerprint density at radius 2 is 1.55 bits per heavy atom. The molecule has 0 heterocycles. The van der Waals surface area contributed by atoms with Crippen LogP contribution in [0, 0.1) is 5.92 Å². The van der Waals surface area contributed by atoms with Crippen LogP contribution in [0.2, 0.25) is 0 Å². The van der Waals surface area contributed by atoms with Crippen molar-refractivity contribution in [2.75, 3.05) is 19.4 Å². The summed E-state index contributed by atoms with van der Waals surface area (Å²) in [5.74, 6) is -0.171. The normalized spacial score (nSPS) is 17.2. The summed E-state index contributed by atoms with van der Waals surface area (Å²) in [4.78, 5) is 13.3. The minimum absolute atomic E-state index is 0.159. The third-order valence-electron chi connectivity index (χ3n) is 6.45. The number of ether oxygens (including phenoxy) is 1. The van der Waals surface area contributed by atoms with E-state index in [1.807, 2.05) is 41.5 Å². The number of phenols is 1. The Morgan fingerprint density at radius 3 is 1.94 bits per heavy atom. The molecule has 0 saturated heterocycles. The standard InChI is InChI=1S/C26H43NO5S/c1-9-32-24(29)22(27(33(8,30)31)17-18-13-11-10-12-14-18)19-15-20(25(2,3)4)23(28)21(16-19)26(5,6)7/h15-16,18,22,28H,9-14,17H2,1-8H3. The number of nitrogens with zero attached hydrogens (tertiary/aromatic N) is 1. The second-order valence-corrected chi connectivity index (χ2v) is 13.4. The highest BCUT2D eigenvalue weighted by Crippen LogP contribution is 2.42. The lowest BCUT2D eigenvalue weighted by Gasteiger charge is -2.35. The topological polar surface area (TPSA) is 83.9 Å². The van der Waals surface area contributed by atoms with E-state index in [0.29, 0.717) is 23.2 Å². The summed E-state index contributed by atoms with van der Waals surface area (Å²) in [7, 11) is -3.71. The maximum atomic E-state index is 13.3. The first-order valence-electron chi connectivity index (χ1n) is 12.1. The molecule has 0 amide bonds. The van der Waals surface area contributed by atoms with Gasteiger partial charge >= 0.3 is 5.97 Å². The van der Waals surface area contributed by atoms with Crippen LogP contribution < -0.4 is 0 Å². The fourth-order valence-corrected chi connectivity index (χ4v) is 5.73. The number of rotatable bonds is 7. The zero-order chi connectivity index (χ0) is 25.2. The van der Waals surface area contributed by atoms with Crippen molar-refractivity contribution in [3.05, 3.63) is 28.8 Å². The van der Waals surface area contributed by atoms with Gasteiger partial charge < -0.3 is 9.84 Å². The Bertz CT molecular complexity index is 899. The van der Waals surface area contributed by atoms with E-state index in [1.165, 1.54) is 10.7 Å². The van der Waals surface area contributed by atoms with Gasteiger partial charge in [0.1, 0.15) is 11.8 Å². The van der Waals surface area contributed by atoms with Crippen LogP contribution >= 0.6 is 0 Å². The van der Waals surface area contributed by atoms with Crippen molar-refractivity contribution in [3.63, 3.8) is 0 Å². The number of sulfonamides is 1. The van der Waals surface area contributed by atoms with Gasteiger partial charge in [-0.1, -0.05) is 60.8 Å². The number of esters is 1. The van der Waals surface area contributed by atoms with E-state index in [2.05, 4.69) is 0 Å². The van der Waals surface area contributed by atoms with Gasteiger partial charge in [0.15, 0.2) is 0 Å². The van der Waals surface area contributed by atoms with Gasteiger partial charge in [0.05, 0.1) is 12.9 Å². The average Bonchev–Trinajstić information content (AvgIpc) is 2.67. The van der Waals surface area contributed by atoms with E-state index < -0.39 is 32.9 Å². The third kappa shape index (κ3) is 6.95. The molecule has 1 N–H and O–H groups in total. The summed E-state index contributed by atoms with van der Waals surface area (Å²) >= 11 is 0. The molecule has 33 heavy (non-hydrogen) atoms. The molecule has 1 aromatic carbocycles. The van der Waals surface area contributed by atoms with Crippen molar-refractivity contribution in [3.8, 4) is 5.75 Å². The van der Waals surface area contributed by atoms with E-state index in [0.717, 1.165) is 31.9 Å². The van der Waals surface area contributed by atoms with Crippen LogP contribution in [0.5, 0.6) is 5.75 Å². The second kappa shape index (κ2) is 10.3. The number of carbonyl (C=O) groups is 1. The minimum atomic E-state index is -3.71. The molecule has 1 atom stereocenters. The molecule has 0 aromatic heterocycles. The fraction of sp³-hybridized carbons (Fsp3) is 0.731. The maximum absolute atomic E-state index is 13.3. The first kappa shape index (κ1) is 27.6. The number of hydrogen-bond donors (Lipinski definition) is 1. The van der Waals surface area contributed by atoms with Crippen LogP contribution in [0.25, 0.3) is 0 Å². The highest BCUT2D eigenvalue weighted by atomic mass is 32.2. The van der Waals surface area contributed by atoms with Crippen LogP contribution in [0.15, 0.2) is 12.1 Å². The molecule has 1 aliphatic rings. The lowest BCUT2D eigenvalue weighted by molar-refractivity contribution is -0.148. The van der Waals surface area contributed by atoms with Crippen molar-refractivity contribution in [2.45, 2.75) is 97.4 Å². The van der Waals surface area contributed by atoms with Crippen molar-refractivity contribution < 1.29 is 23.1 Å². The van der Waals surface area contributed by atoms with E-state index in [1.54, 1.807) is 19.1 Å². The number of hydrogen-bond acceptors (Lipinski definition) is 5. The lowest BCUT2D eigenvalue weighted by atomic mass is 9.77.